The van der Waals surface area contributed by atoms with Crippen molar-refractivity contribution in [3.05, 3.63) is 81.5 Å². The number of benzene rings is 2. The molecule has 1 unspecified atom stereocenters. The molecule has 1 amide bonds. The van der Waals surface area contributed by atoms with E-state index in [0.717, 1.165) is 0 Å². The van der Waals surface area contributed by atoms with Crippen molar-refractivity contribution in [2.24, 2.45) is 11.1 Å². The van der Waals surface area contributed by atoms with E-state index in [2.05, 4.69) is 21.6 Å². The second kappa shape index (κ2) is 11.8. The number of carbonyl (C=O) groups excluding carboxylic acids is 2. The Labute approximate surface area is 255 Å². The van der Waals surface area contributed by atoms with E-state index in [1.165, 1.54) is 41.3 Å². The third-order valence-corrected chi connectivity index (χ3v) is 9.31. The number of hydrogen-bond acceptors (Lipinski definition) is 10. The Hall–Kier alpha value is -3.92. The minimum absolute atomic E-state index is 0.00382. The van der Waals surface area contributed by atoms with Gasteiger partial charge in [0, 0.05) is 40.0 Å². The number of nitrogens with one attached hydrogen (secondary N) is 1. The van der Waals surface area contributed by atoms with Crippen molar-refractivity contribution < 1.29 is 18.7 Å². The number of anilines is 2. The van der Waals surface area contributed by atoms with Crippen molar-refractivity contribution in [3.8, 4) is 11.8 Å². The van der Waals surface area contributed by atoms with Crippen LogP contribution in [0.25, 0.3) is 0 Å². The molecule has 1 aliphatic carbocycles. The smallest absolute Gasteiger partial charge is 0.234 e. The summed E-state index contributed by atoms with van der Waals surface area (Å²) >= 11 is 8.78. The molecule has 0 spiro atoms. The number of ether oxygens (including phenoxy) is 1. The Kier molecular flexibility index (Phi) is 8.28. The highest BCUT2D eigenvalue weighted by Crippen LogP contribution is 2.52. The van der Waals surface area contributed by atoms with Crippen LogP contribution in [0.15, 0.2) is 69.5 Å². The molecule has 1 atom stereocenters. The van der Waals surface area contributed by atoms with Crippen molar-refractivity contribution in [1.82, 2.24) is 10.2 Å². The van der Waals surface area contributed by atoms with E-state index in [1.54, 1.807) is 36.3 Å². The number of ketones is 1. The van der Waals surface area contributed by atoms with Gasteiger partial charge in [-0.05, 0) is 36.1 Å². The van der Waals surface area contributed by atoms with E-state index in [9.17, 15) is 14.9 Å². The highest BCUT2D eigenvalue weighted by molar-refractivity contribution is 8.01. The van der Waals surface area contributed by atoms with Gasteiger partial charge in [-0.2, -0.15) is 5.26 Å². The normalized spacial score (nSPS) is 18.0. The monoisotopic (exact) mass is 624 g/mol. The fraction of sp³-hybridized carbons (Fsp3) is 0.276. The first-order valence-electron chi connectivity index (χ1n) is 12.8. The summed E-state index contributed by atoms with van der Waals surface area (Å²) in [4.78, 5) is 27.8. The molecule has 1 aromatic heterocycles. The molecule has 0 saturated heterocycles. The molecule has 5 rings (SSSR count). The first kappa shape index (κ1) is 29.6. The van der Waals surface area contributed by atoms with E-state index in [-0.39, 0.29) is 51.4 Å². The third-order valence-electron chi connectivity index (χ3n) is 6.94. The number of nitriles is 1. The van der Waals surface area contributed by atoms with E-state index in [1.807, 2.05) is 13.8 Å². The van der Waals surface area contributed by atoms with Gasteiger partial charge in [0.05, 0.1) is 30.4 Å². The minimum Gasteiger partial charge on any atom is -0.497 e. The number of nitrogens with zero attached hydrogens (tertiary/aromatic N) is 4. The maximum absolute atomic E-state index is 15.2. The van der Waals surface area contributed by atoms with Crippen LogP contribution in [-0.4, -0.2) is 34.8 Å². The highest BCUT2D eigenvalue weighted by Gasteiger charge is 2.46. The van der Waals surface area contributed by atoms with E-state index >= 15 is 4.39 Å². The zero-order valence-corrected chi connectivity index (χ0v) is 25.3. The topological polar surface area (TPSA) is 134 Å². The van der Waals surface area contributed by atoms with E-state index in [0.29, 0.717) is 33.0 Å². The average molecular weight is 625 g/mol. The molecule has 2 aliphatic rings. The van der Waals surface area contributed by atoms with Crippen molar-refractivity contribution in [2.75, 3.05) is 23.1 Å². The summed E-state index contributed by atoms with van der Waals surface area (Å²) in [5, 5.41) is 22.0. The molecule has 2 heterocycles. The van der Waals surface area contributed by atoms with E-state index in [4.69, 9.17) is 22.1 Å². The third kappa shape index (κ3) is 5.72. The maximum atomic E-state index is 15.2. The quantitative estimate of drug-likeness (QED) is 0.303. The van der Waals surface area contributed by atoms with Gasteiger partial charge in [-0.1, -0.05) is 60.7 Å². The predicted octanol–water partition coefficient (Wildman–Crippen LogP) is 6.01. The number of methoxy groups -OCH3 is 1. The van der Waals surface area contributed by atoms with Crippen LogP contribution in [0.3, 0.4) is 0 Å². The lowest BCUT2D eigenvalue weighted by atomic mass is 9.68. The number of halogens is 2. The molecule has 9 nitrogen and oxygen atoms in total. The van der Waals surface area contributed by atoms with Gasteiger partial charge in [0.25, 0.3) is 0 Å². The summed E-state index contributed by atoms with van der Waals surface area (Å²) < 4.78 is 20.9. The molecule has 3 N–H and O–H groups in total. The van der Waals surface area contributed by atoms with Crippen LogP contribution in [-0.2, 0) is 9.59 Å². The number of thioether (sulfide) groups is 1. The summed E-state index contributed by atoms with van der Waals surface area (Å²) in [6, 6.07) is 13.4. The molecule has 0 bridgehead atoms. The number of allylic oxidation sites excluding steroid dienone is 3. The zero-order valence-electron chi connectivity index (χ0n) is 22.9. The highest BCUT2D eigenvalue weighted by atomic mass is 35.5. The van der Waals surface area contributed by atoms with Crippen LogP contribution < -0.4 is 20.7 Å². The van der Waals surface area contributed by atoms with Gasteiger partial charge >= 0.3 is 0 Å². The fourth-order valence-electron chi connectivity index (χ4n) is 5.18. The molecular weight excluding hydrogens is 599 g/mol. The Morgan fingerprint density at radius 2 is 2.07 bits per heavy atom. The minimum atomic E-state index is -1.05. The van der Waals surface area contributed by atoms with Gasteiger partial charge in [-0.25, -0.2) is 4.39 Å². The standard InChI is InChI=1S/C29H26ClFN6O3S2/c1-29(2)11-20-25(21(38)12-29)23(24-18(30)8-5-9-19(24)31)17(13-32)26(33)37(20)27-35-36-28(42-27)41-14-22(39)34-15-6-4-7-16(10-15)40-3/h4-10,23H,11-12,14,33H2,1-3H3,(H,34,39). The van der Waals surface area contributed by atoms with Crippen LogP contribution in [0, 0.1) is 22.6 Å². The summed E-state index contributed by atoms with van der Waals surface area (Å²) in [5.74, 6) is -1.44. The Morgan fingerprint density at radius 1 is 1.31 bits per heavy atom. The molecule has 0 saturated carbocycles. The Morgan fingerprint density at radius 3 is 2.79 bits per heavy atom. The SMILES string of the molecule is COc1cccc(NC(=O)CSc2nnc(N3C(N)=C(C#N)C(c4c(F)cccc4Cl)C4=C3CC(C)(C)CC4=O)s2)c1. The van der Waals surface area contributed by atoms with Crippen LogP contribution in [0.2, 0.25) is 5.02 Å². The van der Waals surface area contributed by atoms with Crippen molar-refractivity contribution >= 4 is 57.2 Å². The van der Waals surface area contributed by atoms with Crippen molar-refractivity contribution in [3.63, 3.8) is 0 Å². The second-order valence-corrected chi connectivity index (χ2v) is 13.1. The zero-order chi connectivity index (χ0) is 30.2. The Balaban J connectivity index is 1.48. The number of Topliss-reactive ketones (excluding diaryl/α,β-unsaturated/α-hetero) is 1. The van der Waals surface area contributed by atoms with Gasteiger partial charge < -0.3 is 15.8 Å². The summed E-state index contributed by atoms with van der Waals surface area (Å²) in [7, 11) is 1.55. The molecular formula is C29H26ClFN6O3S2. The van der Waals surface area contributed by atoms with Crippen LogP contribution in [0.4, 0.5) is 15.2 Å². The molecule has 42 heavy (non-hydrogen) atoms. The largest absolute Gasteiger partial charge is 0.497 e. The maximum Gasteiger partial charge on any atom is 0.234 e. The number of aromatic nitrogens is 2. The van der Waals surface area contributed by atoms with Crippen LogP contribution >= 0.6 is 34.7 Å². The lowest BCUT2D eigenvalue weighted by Gasteiger charge is -2.42. The second-order valence-electron chi connectivity index (χ2n) is 10.5. The summed E-state index contributed by atoms with van der Waals surface area (Å²) in [6.45, 7) is 3.92. The molecule has 2 aromatic carbocycles. The molecule has 1 aliphatic heterocycles. The van der Waals surface area contributed by atoms with Crippen molar-refractivity contribution in [1.29, 1.82) is 5.26 Å². The number of nitrogens with two attached hydrogens (primary N) is 1. The lowest BCUT2D eigenvalue weighted by molar-refractivity contribution is -0.118. The number of carbonyl (C=O) groups is 2. The van der Waals surface area contributed by atoms with Gasteiger partial charge in [-0.15, -0.1) is 10.2 Å². The molecule has 0 fully saturated rings. The number of rotatable bonds is 7. The van der Waals surface area contributed by atoms with Crippen LogP contribution in [0.1, 0.15) is 38.2 Å². The van der Waals surface area contributed by atoms with Gasteiger partial charge in [0.15, 0.2) is 10.1 Å². The number of amides is 1. The number of hydrogen-bond donors (Lipinski definition) is 2. The first-order valence-corrected chi connectivity index (χ1v) is 15.0. The average Bonchev–Trinajstić information content (AvgIpc) is 3.39. The molecule has 216 valence electrons. The lowest BCUT2D eigenvalue weighted by Crippen LogP contribution is -2.42. The molecule has 13 heteroatoms. The van der Waals surface area contributed by atoms with Crippen molar-refractivity contribution in [2.45, 2.75) is 36.9 Å². The summed E-state index contributed by atoms with van der Waals surface area (Å²) in [6.07, 6.45) is 0.627. The Bertz CT molecular complexity index is 1680. The van der Waals surface area contributed by atoms with Gasteiger partial charge in [0.2, 0.25) is 11.0 Å². The summed E-state index contributed by atoms with van der Waals surface area (Å²) in [5.41, 5.74) is 7.61. The fourth-order valence-corrected chi connectivity index (χ4v) is 7.13. The molecule has 3 aromatic rings. The van der Waals surface area contributed by atoms with Gasteiger partial charge in [-0.3, -0.25) is 14.5 Å². The first-order chi connectivity index (χ1) is 20.0. The van der Waals surface area contributed by atoms with Crippen LogP contribution in [0.5, 0.6) is 5.75 Å². The van der Waals surface area contributed by atoms with Gasteiger partial charge in [0.1, 0.15) is 17.4 Å². The predicted molar refractivity (Wildman–Crippen MR) is 161 cm³/mol. The molecule has 0 radical (unpaired) electrons. The van der Waals surface area contributed by atoms with E-state index < -0.39 is 17.2 Å².